The maximum atomic E-state index is 12.6. The van der Waals surface area contributed by atoms with E-state index in [2.05, 4.69) is 11.2 Å². The van der Waals surface area contributed by atoms with E-state index in [1.54, 1.807) is 6.07 Å². The highest BCUT2D eigenvalue weighted by atomic mass is 16.6. The van der Waals surface area contributed by atoms with Crippen LogP contribution < -0.4 is 15.0 Å². The normalized spacial score (nSPS) is 12.8. The second-order valence-corrected chi connectivity index (χ2v) is 5.69. The molecule has 0 N–H and O–H groups in total. The van der Waals surface area contributed by atoms with Crippen LogP contribution >= 0.6 is 0 Å². The summed E-state index contributed by atoms with van der Waals surface area (Å²) in [5, 5.41) is 14.7. The quantitative estimate of drug-likeness (QED) is 0.736. The number of hydrogen-bond acceptors (Lipinski definition) is 5. The highest BCUT2D eigenvalue weighted by Gasteiger charge is 2.16. The van der Waals surface area contributed by atoms with E-state index in [9.17, 15) is 4.79 Å². The van der Waals surface area contributed by atoms with Gasteiger partial charge in [0.2, 0.25) is 0 Å². The summed E-state index contributed by atoms with van der Waals surface area (Å²) in [6.07, 6.45) is 0.228. The van der Waals surface area contributed by atoms with Crippen LogP contribution in [0.4, 0.5) is 0 Å². The van der Waals surface area contributed by atoms with Crippen molar-refractivity contribution in [2.45, 2.75) is 13.0 Å². The first-order valence-electron chi connectivity index (χ1n) is 8.05. The van der Waals surface area contributed by atoms with Gasteiger partial charge in [-0.25, -0.2) is 4.68 Å². The maximum absolute atomic E-state index is 12.6. The smallest absolute Gasteiger partial charge is 0.274 e. The average molecular weight is 333 g/mol. The highest BCUT2D eigenvalue weighted by Crippen LogP contribution is 2.35. The van der Waals surface area contributed by atoms with Gasteiger partial charge in [0.15, 0.2) is 11.5 Å². The van der Waals surface area contributed by atoms with Crippen LogP contribution in [0.3, 0.4) is 0 Å². The molecule has 6 nitrogen and oxygen atoms in total. The molecule has 2 heterocycles. The van der Waals surface area contributed by atoms with Crippen LogP contribution in [0.15, 0.2) is 47.3 Å². The lowest BCUT2D eigenvalue weighted by Crippen LogP contribution is -2.23. The van der Waals surface area contributed by atoms with Gasteiger partial charge >= 0.3 is 0 Å². The van der Waals surface area contributed by atoms with E-state index in [0.29, 0.717) is 35.8 Å². The van der Waals surface area contributed by atoms with E-state index in [-0.39, 0.29) is 18.5 Å². The second kappa shape index (κ2) is 6.29. The Balaban J connectivity index is 1.93. The highest BCUT2D eigenvalue weighted by molar-refractivity contribution is 5.94. The summed E-state index contributed by atoms with van der Waals surface area (Å²) in [6.45, 7) is 1.30. The van der Waals surface area contributed by atoms with Crippen LogP contribution in [0, 0.1) is 11.3 Å². The van der Waals surface area contributed by atoms with Gasteiger partial charge in [0.1, 0.15) is 13.2 Å². The van der Waals surface area contributed by atoms with Crippen LogP contribution in [0.2, 0.25) is 0 Å². The van der Waals surface area contributed by atoms with Gasteiger partial charge in [0.05, 0.1) is 30.1 Å². The van der Waals surface area contributed by atoms with Crippen LogP contribution in [0.5, 0.6) is 11.5 Å². The lowest BCUT2D eigenvalue weighted by atomic mass is 10.0. The molecule has 0 saturated heterocycles. The molecule has 0 radical (unpaired) electrons. The predicted octanol–water partition coefficient (Wildman–Crippen LogP) is 2.75. The topological polar surface area (TPSA) is 77.1 Å². The molecule has 0 fully saturated rings. The number of aromatic nitrogens is 2. The van der Waals surface area contributed by atoms with Crippen molar-refractivity contribution in [3.63, 3.8) is 0 Å². The van der Waals surface area contributed by atoms with Crippen LogP contribution in [0.1, 0.15) is 6.42 Å². The Bertz CT molecular complexity index is 1050. The van der Waals surface area contributed by atoms with Crippen molar-refractivity contribution in [3.05, 3.63) is 52.8 Å². The average Bonchev–Trinajstić information content (AvgIpc) is 2.67. The van der Waals surface area contributed by atoms with Gasteiger partial charge in [0, 0.05) is 10.9 Å². The minimum absolute atomic E-state index is 0.188. The van der Waals surface area contributed by atoms with E-state index >= 15 is 0 Å². The number of hydrogen-bond donors (Lipinski definition) is 0. The number of nitrogens with zero attached hydrogens (tertiary/aromatic N) is 3. The molecule has 124 valence electrons. The number of fused-ring (bicyclic) bond motifs is 2. The molecule has 0 aliphatic carbocycles. The number of nitriles is 1. The van der Waals surface area contributed by atoms with E-state index in [1.807, 2.05) is 36.4 Å². The molecule has 6 heteroatoms. The van der Waals surface area contributed by atoms with Gasteiger partial charge in [-0.2, -0.15) is 10.4 Å². The molecule has 4 rings (SSSR count). The van der Waals surface area contributed by atoms with Crippen LogP contribution in [0.25, 0.3) is 22.0 Å². The van der Waals surface area contributed by atoms with E-state index in [0.717, 1.165) is 10.9 Å². The van der Waals surface area contributed by atoms with E-state index in [4.69, 9.17) is 14.7 Å². The van der Waals surface area contributed by atoms with Crippen molar-refractivity contribution >= 4 is 10.8 Å². The molecule has 25 heavy (non-hydrogen) atoms. The monoisotopic (exact) mass is 333 g/mol. The Hall–Kier alpha value is -3.33. The number of benzene rings is 2. The van der Waals surface area contributed by atoms with Gasteiger partial charge in [-0.1, -0.05) is 18.2 Å². The zero-order valence-electron chi connectivity index (χ0n) is 13.4. The summed E-state index contributed by atoms with van der Waals surface area (Å²) in [5.41, 5.74) is 1.34. The SMILES string of the molecule is N#CCCn1nc(-c2ccc3c(c2)OCCO3)c2ccccc2c1=O. The third kappa shape index (κ3) is 2.70. The lowest BCUT2D eigenvalue weighted by Gasteiger charge is -2.19. The van der Waals surface area contributed by atoms with Crippen molar-refractivity contribution in [2.75, 3.05) is 13.2 Å². The fourth-order valence-electron chi connectivity index (χ4n) is 2.95. The Morgan fingerprint density at radius 1 is 1.08 bits per heavy atom. The third-order valence-electron chi connectivity index (χ3n) is 4.12. The fraction of sp³-hybridized carbons (Fsp3) is 0.211. The second-order valence-electron chi connectivity index (χ2n) is 5.69. The number of rotatable bonds is 3. The minimum atomic E-state index is -0.188. The zero-order valence-corrected chi connectivity index (χ0v) is 13.4. The first-order chi connectivity index (χ1) is 12.3. The van der Waals surface area contributed by atoms with Crippen molar-refractivity contribution in [2.24, 2.45) is 0 Å². The molecule has 0 unspecified atom stereocenters. The number of aryl methyl sites for hydroxylation is 1. The molecular formula is C19H15N3O3. The van der Waals surface area contributed by atoms with Gasteiger partial charge < -0.3 is 9.47 Å². The number of ether oxygens (including phenoxy) is 2. The Labute approximate surface area is 143 Å². The molecule has 0 bridgehead atoms. The molecule has 0 spiro atoms. The molecule has 0 saturated carbocycles. The summed E-state index contributed by atoms with van der Waals surface area (Å²) < 4.78 is 12.6. The molecule has 1 aromatic heterocycles. The Morgan fingerprint density at radius 2 is 1.84 bits per heavy atom. The summed E-state index contributed by atoms with van der Waals surface area (Å²) in [7, 11) is 0. The van der Waals surface area contributed by atoms with E-state index in [1.165, 1.54) is 4.68 Å². The predicted molar refractivity (Wildman–Crippen MR) is 92.7 cm³/mol. The summed E-state index contributed by atoms with van der Waals surface area (Å²) in [6, 6.07) is 15.1. The fourth-order valence-corrected chi connectivity index (χ4v) is 2.95. The summed E-state index contributed by atoms with van der Waals surface area (Å²) in [5.74, 6) is 1.38. The Morgan fingerprint density at radius 3 is 2.64 bits per heavy atom. The third-order valence-corrected chi connectivity index (χ3v) is 4.12. The van der Waals surface area contributed by atoms with Gasteiger partial charge in [-0.3, -0.25) is 4.79 Å². The zero-order chi connectivity index (χ0) is 17.2. The van der Waals surface area contributed by atoms with Crippen molar-refractivity contribution in [3.8, 4) is 28.8 Å². The lowest BCUT2D eigenvalue weighted by molar-refractivity contribution is 0.171. The van der Waals surface area contributed by atoms with Crippen molar-refractivity contribution < 1.29 is 9.47 Å². The molecule has 1 aliphatic rings. The minimum Gasteiger partial charge on any atom is -0.486 e. The molecule has 0 amide bonds. The van der Waals surface area contributed by atoms with Crippen molar-refractivity contribution in [1.82, 2.24) is 9.78 Å². The van der Waals surface area contributed by atoms with Gasteiger partial charge in [-0.15, -0.1) is 0 Å². The van der Waals surface area contributed by atoms with E-state index < -0.39 is 0 Å². The molecular weight excluding hydrogens is 318 g/mol. The van der Waals surface area contributed by atoms with Crippen LogP contribution in [-0.2, 0) is 6.54 Å². The standard InChI is InChI=1S/C19H15N3O3/c20-8-3-9-22-19(23)15-5-2-1-4-14(15)18(21-22)13-6-7-16-17(12-13)25-11-10-24-16/h1-2,4-7,12H,3,9-11H2. The molecule has 2 aromatic carbocycles. The van der Waals surface area contributed by atoms with Crippen molar-refractivity contribution in [1.29, 1.82) is 5.26 Å². The molecule has 1 aliphatic heterocycles. The first-order valence-corrected chi connectivity index (χ1v) is 8.05. The summed E-state index contributed by atoms with van der Waals surface area (Å²) in [4.78, 5) is 12.6. The molecule has 0 atom stereocenters. The van der Waals surface area contributed by atoms with Crippen LogP contribution in [-0.4, -0.2) is 23.0 Å². The Kier molecular flexibility index (Phi) is 3.82. The first kappa shape index (κ1) is 15.2. The largest absolute Gasteiger partial charge is 0.486 e. The maximum Gasteiger partial charge on any atom is 0.274 e. The molecule has 3 aromatic rings. The van der Waals surface area contributed by atoms with Gasteiger partial charge in [-0.05, 0) is 24.3 Å². The van der Waals surface area contributed by atoms with Gasteiger partial charge in [0.25, 0.3) is 5.56 Å². The summed E-state index contributed by atoms with van der Waals surface area (Å²) >= 11 is 0.